The summed E-state index contributed by atoms with van der Waals surface area (Å²) in [5.74, 6) is 0.774. The minimum Gasteiger partial charge on any atom is -0.494 e. The molecule has 124 valence electrons. The predicted molar refractivity (Wildman–Crippen MR) is 90.4 cm³/mol. The number of unbranched alkanes of at least 4 members (excludes halogenated alkanes) is 4. The maximum Gasteiger partial charge on any atom is 0.221 e. The number of anilines is 1. The van der Waals surface area contributed by atoms with Crippen molar-refractivity contribution >= 4 is 11.6 Å². The average molecular weight is 307 g/mol. The van der Waals surface area contributed by atoms with E-state index < -0.39 is 0 Å². The van der Waals surface area contributed by atoms with Gasteiger partial charge in [-0.1, -0.05) is 19.8 Å². The Kier molecular flexibility index (Phi) is 10.1. The van der Waals surface area contributed by atoms with Crippen LogP contribution in [0.5, 0.6) is 5.75 Å². The lowest BCUT2D eigenvalue weighted by molar-refractivity contribution is -0.114. The fraction of sp³-hybridized carbons (Fsp3) is 0.611. The van der Waals surface area contributed by atoms with E-state index >= 15 is 0 Å². The molecule has 0 saturated carbocycles. The highest BCUT2D eigenvalue weighted by Crippen LogP contribution is 2.16. The van der Waals surface area contributed by atoms with E-state index in [-0.39, 0.29) is 5.91 Å². The van der Waals surface area contributed by atoms with E-state index in [1.807, 2.05) is 24.3 Å². The summed E-state index contributed by atoms with van der Waals surface area (Å²) in [4.78, 5) is 10.9. The second-order valence-electron chi connectivity index (χ2n) is 5.43. The van der Waals surface area contributed by atoms with Crippen LogP contribution in [0.3, 0.4) is 0 Å². The zero-order valence-corrected chi connectivity index (χ0v) is 13.9. The highest BCUT2D eigenvalue weighted by atomic mass is 16.5. The zero-order valence-electron chi connectivity index (χ0n) is 13.9. The lowest BCUT2D eigenvalue weighted by Gasteiger charge is -2.08. The molecule has 0 heterocycles. The van der Waals surface area contributed by atoms with Crippen LogP contribution in [-0.2, 0) is 9.53 Å². The van der Waals surface area contributed by atoms with Crippen LogP contribution in [0, 0.1) is 0 Å². The average Bonchev–Trinajstić information content (AvgIpc) is 2.50. The second-order valence-corrected chi connectivity index (χ2v) is 5.43. The van der Waals surface area contributed by atoms with Gasteiger partial charge in [-0.2, -0.15) is 0 Å². The van der Waals surface area contributed by atoms with E-state index in [1.54, 1.807) is 0 Å². The molecule has 0 aliphatic rings. The van der Waals surface area contributed by atoms with Crippen LogP contribution in [0.25, 0.3) is 0 Å². The van der Waals surface area contributed by atoms with Gasteiger partial charge in [0, 0.05) is 25.8 Å². The molecule has 0 aliphatic carbocycles. The van der Waals surface area contributed by atoms with Crippen molar-refractivity contribution in [1.29, 1.82) is 0 Å². The minimum absolute atomic E-state index is 0.0643. The first kappa shape index (κ1) is 18.5. The molecule has 0 aromatic heterocycles. The summed E-state index contributed by atoms with van der Waals surface area (Å²) in [6.45, 7) is 6.17. The topological polar surface area (TPSA) is 47.6 Å². The van der Waals surface area contributed by atoms with Crippen LogP contribution < -0.4 is 10.1 Å². The first-order chi connectivity index (χ1) is 10.7. The molecule has 0 atom stereocenters. The Hall–Kier alpha value is -1.55. The summed E-state index contributed by atoms with van der Waals surface area (Å²) >= 11 is 0. The van der Waals surface area contributed by atoms with Crippen LogP contribution in [-0.4, -0.2) is 25.7 Å². The third kappa shape index (κ3) is 9.40. The first-order valence-electron chi connectivity index (χ1n) is 8.30. The largest absolute Gasteiger partial charge is 0.494 e. The lowest BCUT2D eigenvalue weighted by Crippen LogP contribution is -2.05. The van der Waals surface area contributed by atoms with Crippen LogP contribution in [0.2, 0.25) is 0 Å². The van der Waals surface area contributed by atoms with Gasteiger partial charge in [0.1, 0.15) is 5.75 Å². The van der Waals surface area contributed by atoms with Crippen molar-refractivity contribution < 1.29 is 14.3 Å². The van der Waals surface area contributed by atoms with E-state index in [0.29, 0.717) is 0 Å². The molecule has 0 bridgehead atoms. The third-order valence-electron chi connectivity index (χ3n) is 3.27. The fourth-order valence-corrected chi connectivity index (χ4v) is 2.07. The number of ether oxygens (including phenoxy) is 2. The van der Waals surface area contributed by atoms with Crippen molar-refractivity contribution in [3.63, 3.8) is 0 Å². The quantitative estimate of drug-likeness (QED) is 0.582. The molecule has 4 nitrogen and oxygen atoms in total. The van der Waals surface area contributed by atoms with Gasteiger partial charge < -0.3 is 14.8 Å². The third-order valence-corrected chi connectivity index (χ3v) is 3.27. The van der Waals surface area contributed by atoms with Crippen molar-refractivity contribution in [3.05, 3.63) is 24.3 Å². The Labute approximate surface area is 134 Å². The number of amides is 1. The second kappa shape index (κ2) is 12.0. The summed E-state index contributed by atoms with van der Waals surface area (Å²) in [6, 6.07) is 7.45. The Bertz CT molecular complexity index is 403. The number of carbonyl (C=O) groups is 1. The Morgan fingerprint density at radius 1 is 0.955 bits per heavy atom. The number of hydrogen-bond acceptors (Lipinski definition) is 3. The molecule has 0 radical (unpaired) electrons. The molecule has 1 amide bonds. The highest BCUT2D eigenvalue weighted by molar-refractivity contribution is 5.88. The summed E-state index contributed by atoms with van der Waals surface area (Å²) in [5, 5.41) is 2.73. The van der Waals surface area contributed by atoms with Gasteiger partial charge in [-0.15, -0.1) is 0 Å². The van der Waals surface area contributed by atoms with Crippen LogP contribution in [0.1, 0.15) is 52.4 Å². The van der Waals surface area contributed by atoms with Gasteiger partial charge >= 0.3 is 0 Å². The molecule has 0 saturated heterocycles. The smallest absolute Gasteiger partial charge is 0.221 e. The van der Waals surface area contributed by atoms with Crippen molar-refractivity contribution in [1.82, 2.24) is 0 Å². The van der Waals surface area contributed by atoms with Crippen LogP contribution >= 0.6 is 0 Å². The number of carbonyl (C=O) groups excluding carboxylic acids is 1. The SMILES string of the molecule is CCCCCOCCCCCOc1ccc(NC(C)=O)cc1. The molecule has 4 heteroatoms. The molecular formula is C18H29NO3. The fourth-order valence-electron chi connectivity index (χ4n) is 2.07. The van der Waals surface area contributed by atoms with Gasteiger partial charge in [-0.3, -0.25) is 4.79 Å². The molecule has 1 rings (SSSR count). The van der Waals surface area contributed by atoms with E-state index in [0.717, 1.165) is 50.5 Å². The van der Waals surface area contributed by atoms with Crippen molar-refractivity contribution in [2.75, 3.05) is 25.1 Å². The van der Waals surface area contributed by atoms with Gasteiger partial charge in [-0.25, -0.2) is 0 Å². The van der Waals surface area contributed by atoms with Gasteiger partial charge in [0.15, 0.2) is 0 Å². The molecule has 22 heavy (non-hydrogen) atoms. The maximum atomic E-state index is 10.9. The molecule has 1 N–H and O–H groups in total. The molecule has 0 unspecified atom stereocenters. The Morgan fingerprint density at radius 3 is 2.23 bits per heavy atom. The van der Waals surface area contributed by atoms with E-state index in [2.05, 4.69) is 12.2 Å². The zero-order chi connectivity index (χ0) is 16.0. The normalized spacial score (nSPS) is 10.5. The van der Waals surface area contributed by atoms with Gasteiger partial charge in [0.05, 0.1) is 6.61 Å². The summed E-state index contributed by atoms with van der Waals surface area (Å²) in [6.07, 6.45) is 6.93. The lowest BCUT2D eigenvalue weighted by atomic mass is 10.2. The molecule has 0 aliphatic heterocycles. The van der Waals surface area contributed by atoms with Crippen molar-refractivity contribution in [2.24, 2.45) is 0 Å². The summed E-state index contributed by atoms with van der Waals surface area (Å²) < 4.78 is 11.2. The van der Waals surface area contributed by atoms with E-state index in [4.69, 9.17) is 9.47 Å². The van der Waals surface area contributed by atoms with Gasteiger partial charge in [0.25, 0.3) is 0 Å². The summed E-state index contributed by atoms with van der Waals surface area (Å²) in [7, 11) is 0. The monoisotopic (exact) mass is 307 g/mol. The number of rotatable bonds is 12. The number of benzene rings is 1. The van der Waals surface area contributed by atoms with E-state index in [9.17, 15) is 4.79 Å². The number of nitrogens with one attached hydrogen (secondary N) is 1. The number of hydrogen-bond donors (Lipinski definition) is 1. The maximum absolute atomic E-state index is 10.9. The Balaban J connectivity index is 1.99. The molecule has 1 aromatic carbocycles. The molecule has 0 fully saturated rings. The predicted octanol–water partition coefficient (Wildman–Crippen LogP) is 4.40. The first-order valence-corrected chi connectivity index (χ1v) is 8.30. The van der Waals surface area contributed by atoms with Crippen molar-refractivity contribution in [2.45, 2.75) is 52.4 Å². The van der Waals surface area contributed by atoms with Gasteiger partial charge in [-0.05, 0) is 49.9 Å². The standard InChI is InChI=1S/C18H29NO3/c1-3-4-6-13-21-14-7-5-8-15-22-18-11-9-17(10-12-18)19-16(2)20/h9-12H,3-8,13-15H2,1-2H3,(H,19,20). The summed E-state index contributed by atoms with van der Waals surface area (Å²) in [5.41, 5.74) is 0.792. The van der Waals surface area contributed by atoms with E-state index in [1.165, 1.54) is 26.2 Å². The molecular weight excluding hydrogens is 278 g/mol. The molecule has 0 spiro atoms. The Morgan fingerprint density at radius 2 is 1.59 bits per heavy atom. The van der Waals surface area contributed by atoms with Gasteiger partial charge in [0.2, 0.25) is 5.91 Å². The van der Waals surface area contributed by atoms with Crippen LogP contribution in [0.15, 0.2) is 24.3 Å². The van der Waals surface area contributed by atoms with Crippen molar-refractivity contribution in [3.8, 4) is 5.75 Å². The minimum atomic E-state index is -0.0643. The highest BCUT2D eigenvalue weighted by Gasteiger charge is 1.97. The van der Waals surface area contributed by atoms with Crippen LogP contribution in [0.4, 0.5) is 5.69 Å². The molecule has 1 aromatic rings.